The zero-order valence-corrected chi connectivity index (χ0v) is 17.0. The molecule has 29 heavy (non-hydrogen) atoms. The summed E-state index contributed by atoms with van der Waals surface area (Å²) in [4.78, 5) is 14.8. The highest BCUT2D eigenvalue weighted by molar-refractivity contribution is 6.09. The molecule has 0 unspecified atom stereocenters. The van der Waals surface area contributed by atoms with Crippen molar-refractivity contribution < 1.29 is 9.53 Å². The minimum atomic E-state index is -0.402. The Balaban J connectivity index is 1.67. The number of carbonyl (C=O) groups is 1. The smallest absolute Gasteiger partial charge is 0.266 e. The van der Waals surface area contributed by atoms with Crippen LogP contribution in [0.4, 0.5) is 11.4 Å². The van der Waals surface area contributed by atoms with Gasteiger partial charge in [-0.3, -0.25) is 4.79 Å². The molecule has 1 aliphatic heterocycles. The number of carbonyl (C=O) groups excluding carboxylic acids is 1. The number of nitriles is 1. The number of amides is 1. The molecule has 0 radical (unpaired) electrons. The molecule has 5 heteroatoms. The Morgan fingerprint density at radius 3 is 2.41 bits per heavy atom. The van der Waals surface area contributed by atoms with Gasteiger partial charge in [-0.25, -0.2) is 0 Å². The van der Waals surface area contributed by atoms with Crippen LogP contribution in [0, 0.1) is 11.3 Å². The summed E-state index contributed by atoms with van der Waals surface area (Å²) in [5.41, 5.74) is 3.94. The molecule has 1 N–H and O–H groups in total. The van der Waals surface area contributed by atoms with Crippen LogP contribution in [-0.4, -0.2) is 32.2 Å². The normalized spacial score (nSPS) is 15.5. The number of benzene rings is 2. The van der Waals surface area contributed by atoms with Gasteiger partial charge in [0, 0.05) is 24.5 Å². The Kier molecular flexibility index (Phi) is 7.04. The number of anilines is 2. The molecule has 5 nitrogen and oxygen atoms in total. The van der Waals surface area contributed by atoms with Gasteiger partial charge in [-0.05, 0) is 53.8 Å². The van der Waals surface area contributed by atoms with E-state index in [1.807, 2.05) is 54.6 Å². The molecule has 2 aromatic carbocycles. The molecule has 150 valence electrons. The van der Waals surface area contributed by atoms with Crippen molar-refractivity contribution in [2.45, 2.75) is 26.2 Å². The van der Waals surface area contributed by atoms with Gasteiger partial charge < -0.3 is 15.0 Å². The summed E-state index contributed by atoms with van der Waals surface area (Å²) < 4.78 is 5.38. The Morgan fingerprint density at radius 2 is 1.83 bits per heavy atom. The van der Waals surface area contributed by atoms with Crippen LogP contribution in [0.5, 0.6) is 0 Å². The summed E-state index contributed by atoms with van der Waals surface area (Å²) >= 11 is 0. The van der Waals surface area contributed by atoms with Crippen molar-refractivity contribution in [1.29, 1.82) is 5.26 Å². The summed E-state index contributed by atoms with van der Waals surface area (Å²) in [7, 11) is 0. The number of morpholine rings is 1. The van der Waals surface area contributed by atoms with E-state index in [9.17, 15) is 10.1 Å². The lowest BCUT2D eigenvalue weighted by Gasteiger charge is -2.28. The molecule has 0 aromatic heterocycles. The van der Waals surface area contributed by atoms with Crippen LogP contribution in [0.25, 0.3) is 6.08 Å². The third-order valence-corrected chi connectivity index (χ3v) is 5.30. The fraction of sp³-hybridized carbons (Fsp3) is 0.333. The fourth-order valence-corrected chi connectivity index (χ4v) is 3.25. The maximum absolute atomic E-state index is 12.5. The zero-order chi connectivity index (χ0) is 20.6. The quantitative estimate of drug-likeness (QED) is 0.580. The van der Waals surface area contributed by atoms with Gasteiger partial charge >= 0.3 is 0 Å². The van der Waals surface area contributed by atoms with E-state index in [1.54, 1.807) is 6.08 Å². The maximum Gasteiger partial charge on any atom is 0.266 e. The van der Waals surface area contributed by atoms with Gasteiger partial charge in [0.2, 0.25) is 0 Å². The summed E-state index contributed by atoms with van der Waals surface area (Å²) in [6.07, 6.45) is 2.68. The van der Waals surface area contributed by atoms with Crippen molar-refractivity contribution in [3.8, 4) is 6.07 Å². The maximum atomic E-state index is 12.5. The van der Waals surface area contributed by atoms with Crippen molar-refractivity contribution in [2.24, 2.45) is 0 Å². The van der Waals surface area contributed by atoms with E-state index in [-0.39, 0.29) is 5.57 Å². The number of rotatable bonds is 6. The van der Waals surface area contributed by atoms with Crippen LogP contribution in [0.1, 0.15) is 37.3 Å². The van der Waals surface area contributed by atoms with Crippen molar-refractivity contribution in [3.05, 3.63) is 65.2 Å². The molecule has 0 spiro atoms. The molecule has 0 saturated carbocycles. The average molecular weight is 389 g/mol. The summed E-state index contributed by atoms with van der Waals surface area (Å²) in [5.74, 6) is 0.0794. The van der Waals surface area contributed by atoms with Crippen molar-refractivity contribution in [3.63, 3.8) is 0 Å². The third-order valence-electron chi connectivity index (χ3n) is 5.30. The van der Waals surface area contributed by atoms with Crippen molar-refractivity contribution >= 4 is 23.4 Å². The standard InChI is InChI=1S/C24H27N3O2/c1-3-18(2)20-6-8-22(9-7-20)26-24(28)21(17-25)16-19-4-10-23(11-5-19)27-12-14-29-15-13-27/h4-11,16,18H,3,12-15H2,1-2H3,(H,26,28)/b21-16+/t18-/m1/s1. The van der Waals surface area contributed by atoms with Gasteiger partial charge in [0.25, 0.3) is 5.91 Å². The largest absolute Gasteiger partial charge is 0.378 e. The van der Waals surface area contributed by atoms with Crippen LogP contribution in [0.2, 0.25) is 0 Å². The van der Waals surface area contributed by atoms with E-state index in [0.29, 0.717) is 11.6 Å². The molecule has 1 atom stereocenters. The predicted molar refractivity (Wildman–Crippen MR) is 117 cm³/mol. The first-order valence-electron chi connectivity index (χ1n) is 10.1. The van der Waals surface area contributed by atoms with Gasteiger partial charge in [0.1, 0.15) is 11.6 Å². The number of hydrogen-bond donors (Lipinski definition) is 1. The zero-order valence-electron chi connectivity index (χ0n) is 17.0. The topological polar surface area (TPSA) is 65.4 Å². The highest BCUT2D eigenvalue weighted by atomic mass is 16.5. The first kappa shape index (κ1) is 20.6. The third kappa shape index (κ3) is 5.46. The van der Waals surface area contributed by atoms with Gasteiger partial charge in [-0.15, -0.1) is 0 Å². The molecule has 0 aliphatic carbocycles. The fourth-order valence-electron chi connectivity index (χ4n) is 3.25. The Labute approximate surface area is 172 Å². The monoisotopic (exact) mass is 389 g/mol. The molecule has 0 bridgehead atoms. The van der Waals surface area contributed by atoms with Crippen LogP contribution in [-0.2, 0) is 9.53 Å². The highest BCUT2D eigenvalue weighted by Crippen LogP contribution is 2.21. The van der Waals surface area contributed by atoms with Crippen molar-refractivity contribution in [2.75, 3.05) is 36.5 Å². The Bertz CT molecular complexity index is 889. The highest BCUT2D eigenvalue weighted by Gasteiger charge is 2.12. The lowest BCUT2D eigenvalue weighted by Crippen LogP contribution is -2.36. The van der Waals surface area contributed by atoms with Crippen LogP contribution in [0.3, 0.4) is 0 Å². The molecule has 1 aliphatic rings. The number of nitrogens with one attached hydrogen (secondary N) is 1. The average Bonchev–Trinajstić information content (AvgIpc) is 2.78. The molecule has 1 fully saturated rings. The molecule has 3 rings (SSSR count). The second-order valence-corrected chi connectivity index (χ2v) is 7.25. The molecule has 2 aromatic rings. The van der Waals surface area contributed by atoms with Gasteiger partial charge in [0.15, 0.2) is 0 Å². The Morgan fingerprint density at radius 1 is 1.17 bits per heavy atom. The second kappa shape index (κ2) is 9.90. The van der Waals surface area contributed by atoms with E-state index in [1.165, 1.54) is 5.56 Å². The predicted octanol–water partition coefficient (Wildman–Crippen LogP) is 4.58. The summed E-state index contributed by atoms with van der Waals surface area (Å²) in [6.45, 7) is 7.54. The van der Waals surface area contributed by atoms with E-state index >= 15 is 0 Å². The van der Waals surface area contributed by atoms with E-state index < -0.39 is 5.91 Å². The van der Waals surface area contributed by atoms with Crippen LogP contribution >= 0.6 is 0 Å². The first-order chi connectivity index (χ1) is 14.1. The number of nitrogens with zero attached hydrogens (tertiary/aromatic N) is 2. The Hall–Kier alpha value is -3.10. The lowest BCUT2D eigenvalue weighted by molar-refractivity contribution is -0.112. The minimum absolute atomic E-state index is 0.0788. The lowest BCUT2D eigenvalue weighted by atomic mass is 9.98. The van der Waals surface area contributed by atoms with E-state index in [0.717, 1.165) is 44.0 Å². The molecule has 1 saturated heterocycles. The van der Waals surface area contributed by atoms with Crippen LogP contribution < -0.4 is 10.2 Å². The van der Waals surface area contributed by atoms with Crippen LogP contribution in [0.15, 0.2) is 54.1 Å². The number of ether oxygens (including phenoxy) is 1. The van der Waals surface area contributed by atoms with Gasteiger partial charge in [0.05, 0.1) is 13.2 Å². The van der Waals surface area contributed by atoms with E-state index in [4.69, 9.17) is 4.74 Å². The van der Waals surface area contributed by atoms with Crippen molar-refractivity contribution in [1.82, 2.24) is 0 Å². The molecule has 1 heterocycles. The summed E-state index contributed by atoms with van der Waals surface area (Å²) in [6, 6.07) is 17.7. The first-order valence-corrected chi connectivity index (χ1v) is 10.1. The number of hydrogen-bond acceptors (Lipinski definition) is 4. The molecular formula is C24H27N3O2. The minimum Gasteiger partial charge on any atom is -0.378 e. The SMILES string of the molecule is CC[C@@H](C)c1ccc(NC(=O)/C(C#N)=C/c2ccc(N3CCOCC3)cc2)cc1. The summed E-state index contributed by atoms with van der Waals surface area (Å²) in [5, 5.41) is 12.3. The second-order valence-electron chi connectivity index (χ2n) is 7.25. The molecular weight excluding hydrogens is 362 g/mol. The van der Waals surface area contributed by atoms with E-state index in [2.05, 4.69) is 24.1 Å². The van der Waals surface area contributed by atoms with Gasteiger partial charge in [-0.1, -0.05) is 38.1 Å². The molecule has 1 amide bonds. The van der Waals surface area contributed by atoms with Gasteiger partial charge in [-0.2, -0.15) is 5.26 Å².